The number of halogens is 2. The van der Waals surface area contributed by atoms with Crippen molar-refractivity contribution in [3.05, 3.63) is 63.8 Å². The Morgan fingerprint density at radius 1 is 1.00 bits per heavy atom. The van der Waals surface area contributed by atoms with Gasteiger partial charge in [-0.15, -0.1) is 0 Å². The van der Waals surface area contributed by atoms with Gasteiger partial charge in [-0.2, -0.15) is 5.10 Å². The fourth-order valence-corrected chi connectivity index (χ4v) is 4.15. The van der Waals surface area contributed by atoms with E-state index in [2.05, 4.69) is 5.43 Å². The van der Waals surface area contributed by atoms with Crippen LogP contribution in [0.3, 0.4) is 0 Å². The van der Waals surface area contributed by atoms with E-state index in [1.807, 2.05) is 29.3 Å². The lowest BCUT2D eigenvalue weighted by Crippen LogP contribution is -2.48. The van der Waals surface area contributed by atoms with Crippen LogP contribution in [-0.2, 0) is 11.2 Å². The first kappa shape index (κ1) is 20.3. The van der Waals surface area contributed by atoms with Crippen LogP contribution in [0.5, 0.6) is 5.75 Å². The summed E-state index contributed by atoms with van der Waals surface area (Å²) in [5.41, 5.74) is 6.64. The summed E-state index contributed by atoms with van der Waals surface area (Å²) < 4.78 is 13.1. The number of benzene rings is 2. The number of amides is 1. The molecule has 2 aromatic carbocycles. The van der Waals surface area contributed by atoms with Crippen LogP contribution in [-0.4, -0.2) is 53.6 Å². The third kappa shape index (κ3) is 4.02. The van der Waals surface area contributed by atoms with Gasteiger partial charge in [-0.3, -0.25) is 10.2 Å². The summed E-state index contributed by atoms with van der Waals surface area (Å²) in [6.07, 6.45) is 0.543. The zero-order valence-electron chi connectivity index (χ0n) is 16.6. The fourth-order valence-electron chi connectivity index (χ4n) is 3.86. The number of hydrazine groups is 1. The van der Waals surface area contributed by atoms with Crippen molar-refractivity contribution in [2.45, 2.75) is 6.42 Å². The van der Waals surface area contributed by atoms with Crippen LogP contribution in [0.1, 0.15) is 16.1 Å². The van der Waals surface area contributed by atoms with Gasteiger partial charge in [0.1, 0.15) is 5.75 Å². The molecule has 0 unspecified atom stereocenters. The Labute approximate surface area is 189 Å². The number of nitrogens with zero attached hydrogens (tertiary/aromatic N) is 3. The second kappa shape index (κ2) is 8.51. The highest BCUT2D eigenvalue weighted by Gasteiger charge is 2.29. The highest BCUT2D eigenvalue weighted by Crippen LogP contribution is 2.39. The molecule has 3 heterocycles. The number of hydrogen-bond donors (Lipinski definition) is 1. The molecule has 1 aromatic heterocycles. The second-order valence-corrected chi connectivity index (χ2v) is 8.22. The number of morpholine rings is 1. The highest BCUT2D eigenvalue weighted by atomic mass is 35.5. The standard InChI is InChI=1S/C22H20Cl2N4O3/c23-14-1-4-16(5-2-14)28-21-17-6-3-15(24)13-19(17)31-10-7-18(21)20(25-28)22(29)26-27-8-11-30-12-9-27/h1-6,13H,7-12H2,(H,26,29). The van der Waals surface area contributed by atoms with Crippen LogP contribution in [0, 0.1) is 0 Å². The van der Waals surface area contributed by atoms with Gasteiger partial charge in [0.15, 0.2) is 5.69 Å². The van der Waals surface area contributed by atoms with Crippen molar-refractivity contribution in [1.82, 2.24) is 20.2 Å². The number of fused-ring (bicyclic) bond motifs is 3. The molecule has 31 heavy (non-hydrogen) atoms. The molecule has 1 fully saturated rings. The summed E-state index contributed by atoms with van der Waals surface area (Å²) >= 11 is 12.3. The molecule has 0 aliphatic carbocycles. The fraction of sp³-hybridized carbons (Fsp3) is 0.273. The van der Waals surface area contributed by atoms with Crippen molar-refractivity contribution in [2.75, 3.05) is 32.9 Å². The van der Waals surface area contributed by atoms with Gasteiger partial charge in [-0.25, -0.2) is 9.69 Å². The van der Waals surface area contributed by atoms with Crippen LogP contribution < -0.4 is 10.2 Å². The zero-order chi connectivity index (χ0) is 21.4. The smallest absolute Gasteiger partial charge is 0.286 e. The highest BCUT2D eigenvalue weighted by molar-refractivity contribution is 6.31. The van der Waals surface area contributed by atoms with E-state index in [4.69, 9.17) is 37.8 Å². The molecule has 9 heteroatoms. The van der Waals surface area contributed by atoms with E-state index in [1.165, 1.54) is 0 Å². The SMILES string of the molecule is O=C(NN1CCOCC1)c1nn(-c2ccc(Cl)cc2)c2c1CCOc1cc(Cl)ccc1-2. The maximum atomic E-state index is 13.2. The molecule has 7 nitrogen and oxygen atoms in total. The Hall–Kier alpha value is -2.58. The monoisotopic (exact) mass is 458 g/mol. The molecule has 1 amide bonds. The van der Waals surface area contributed by atoms with Gasteiger partial charge in [-0.05, 0) is 42.5 Å². The molecule has 0 spiro atoms. The normalized spacial score (nSPS) is 16.1. The van der Waals surface area contributed by atoms with Crippen LogP contribution in [0.4, 0.5) is 0 Å². The van der Waals surface area contributed by atoms with Crippen LogP contribution in [0.2, 0.25) is 10.0 Å². The number of carbonyl (C=O) groups excluding carboxylic acids is 1. The number of carbonyl (C=O) groups is 1. The largest absolute Gasteiger partial charge is 0.492 e. The van der Waals surface area contributed by atoms with E-state index in [0.29, 0.717) is 60.8 Å². The molecule has 1 saturated heterocycles. The van der Waals surface area contributed by atoms with Crippen molar-refractivity contribution in [3.8, 4) is 22.7 Å². The van der Waals surface area contributed by atoms with Crippen LogP contribution in [0.25, 0.3) is 16.9 Å². The van der Waals surface area contributed by atoms with Gasteiger partial charge in [-0.1, -0.05) is 23.2 Å². The molecule has 0 atom stereocenters. The number of rotatable bonds is 3. The molecule has 0 bridgehead atoms. The lowest BCUT2D eigenvalue weighted by atomic mass is 10.0. The first-order valence-electron chi connectivity index (χ1n) is 10.0. The Balaban J connectivity index is 1.63. The van der Waals surface area contributed by atoms with E-state index in [1.54, 1.807) is 22.9 Å². The van der Waals surface area contributed by atoms with Crippen molar-refractivity contribution in [1.29, 1.82) is 0 Å². The minimum Gasteiger partial charge on any atom is -0.492 e. The summed E-state index contributed by atoms with van der Waals surface area (Å²) in [5, 5.41) is 7.81. The molecule has 2 aliphatic heterocycles. The summed E-state index contributed by atoms with van der Waals surface area (Å²) in [6, 6.07) is 12.9. The summed E-state index contributed by atoms with van der Waals surface area (Å²) in [5.74, 6) is 0.421. The number of ether oxygens (including phenoxy) is 2. The third-order valence-electron chi connectivity index (χ3n) is 5.35. The molecule has 5 rings (SSSR count). The summed E-state index contributed by atoms with van der Waals surface area (Å²) in [6.45, 7) is 2.86. The van der Waals surface area contributed by atoms with Gasteiger partial charge in [0.2, 0.25) is 0 Å². The van der Waals surface area contributed by atoms with E-state index in [-0.39, 0.29) is 5.91 Å². The number of hydrogen-bond acceptors (Lipinski definition) is 5. The molecular formula is C22H20Cl2N4O3. The average Bonchev–Trinajstić information content (AvgIpc) is 3.04. The minimum atomic E-state index is -0.247. The van der Waals surface area contributed by atoms with Crippen molar-refractivity contribution in [3.63, 3.8) is 0 Å². The van der Waals surface area contributed by atoms with Crippen molar-refractivity contribution >= 4 is 29.1 Å². The summed E-state index contributed by atoms with van der Waals surface area (Å²) in [7, 11) is 0. The predicted octanol–water partition coefficient (Wildman–Crippen LogP) is 3.76. The topological polar surface area (TPSA) is 68.6 Å². The van der Waals surface area contributed by atoms with E-state index in [9.17, 15) is 4.79 Å². The molecule has 2 aliphatic rings. The van der Waals surface area contributed by atoms with Gasteiger partial charge in [0.25, 0.3) is 5.91 Å². The van der Waals surface area contributed by atoms with Crippen LogP contribution in [0.15, 0.2) is 42.5 Å². The van der Waals surface area contributed by atoms with Gasteiger partial charge >= 0.3 is 0 Å². The average molecular weight is 459 g/mol. The molecule has 1 N–H and O–H groups in total. The Bertz CT molecular complexity index is 1120. The number of aromatic nitrogens is 2. The Kier molecular flexibility index (Phi) is 5.58. The molecule has 160 valence electrons. The van der Waals surface area contributed by atoms with E-state index >= 15 is 0 Å². The van der Waals surface area contributed by atoms with Crippen LogP contribution >= 0.6 is 23.2 Å². The lowest BCUT2D eigenvalue weighted by Gasteiger charge is -2.26. The van der Waals surface area contributed by atoms with Gasteiger partial charge < -0.3 is 9.47 Å². The zero-order valence-corrected chi connectivity index (χ0v) is 18.1. The lowest BCUT2D eigenvalue weighted by molar-refractivity contribution is 0.0124. The van der Waals surface area contributed by atoms with E-state index in [0.717, 1.165) is 22.5 Å². The minimum absolute atomic E-state index is 0.247. The van der Waals surface area contributed by atoms with Crippen molar-refractivity contribution in [2.24, 2.45) is 0 Å². The molecule has 0 radical (unpaired) electrons. The first-order chi connectivity index (χ1) is 15.1. The maximum absolute atomic E-state index is 13.2. The van der Waals surface area contributed by atoms with E-state index < -0.39 is 0 Å². The Morgan fingerprint density at radius 3 is 2.52 bits per heavy atom. The third-order valence-corrected chi connectivity index (χ3v) is 5.84. The second-order valence-electron chi connectivity index (χ2n) is 7.34. The molecular weight excluding hydrogens is 439 g/mol. The molecule has 3 aromatic rings. The van der Waals surface area contributed by atoms with Crippen molar-refractivity contribution < 1.29 is 14.3 Å². The Morgan fingerprint density at radius 2 is 1.74 bits per heavy atom. The first-order valence-corrected chi connectivity index (χ1v) is 10.8. The quantitative estimate of drug-likeness (QED) is 0.646. The van der Waals surface area contributed by atoms with Gasteiger partial charge in [0, 0.05) is 40.7 Å². The molecule has 0 saturated carbocycles. The number of nitrogens with one attached hydrogen (secondary N) is 1. The predicted molar refractivity (Wildman–Crippen MR) is 118 cm³/mol. The summed E-state index contributed by atoms with van der Waals surface area (Å²) in [4.78, 5) is 13.2. The maximum Gasteiger partial charge on any atom is 0.286 e. The van der Waals surface area contributed by atoms with Gasteiger partial charge in [0.05, 0.1) is 31.2 Å².